The zero-order valence-electron chi connectivity index (χ0n) is 9.93. The highest BCUT2D eigenvalue weighted by atomic mass is 35.5. The first-order chi connectivity index (χ1) is 8.72. The summed E-state index contributed by atoms with van der Waals surface area (Å²) in [5.74, 6) is 0. The van der Waals surface area contributed by atoms with Crippen LogP contribution in [0.5, 0.6) is 0 Å². The number of aromatic nitrogens is 2. The Labute approximate surface area is 127 Å². The van der Waals surface area contributed by atoms with Gasteiger partial charge in [0.25, 0.3) is 0 Å². The fraction of sp³-hybridized carbons (Fsp3) is 0.0714. The highest BCUT2D eigenvalue weighted by Gasteiger charge is 2.08. The van der Waals surface area contributed by atoms with Crippen LogP contribution in [-0.2, 0) is 6.54 Å². The molecule has 5 heteroatoms. The van der Waals surface area contributed by atoms with E-state index in [1.165, 1.54) is 0 Å². The van der Waals surface area contributed by atoms with Gasteiger partial charge in [-0.05, 0) is 24.3 Å². The molecule has 3 aromatic rings. The van der Waals surface area contributed by atoms with Crippen LogP contribution in [0.4, 0.5) is 0 Å². The van der Waals surface area contributed by atoms with Crippen LogP contribution in [0, 0.1) is 0 Å². The summed E-state index contributed by atoms with van der Waals surface area (Å²) < 4.78 is 4.17. The molecule has 98 valence electrons. The van der Waals surface area contributed by atoms with Gasteiger partial charge in [0.2, 0.25) is 6.33 Å². The van der Waals surface area contributed by atoms with Gasteiger partial charge in [0.15, 0.2) is 5.52 Å². The number of hydrogen-bond acceptors (Lipinski definition) is 0. The third-order valence-corrected chi connectivity index (χ3v) is 3.45. The molecule has 0 aliphatic rings. The third-order valence-electron chi connectivity index (χ3n) is 2.86. The van der Waals surface area contributed by atoms with Crippen molar-refractivity contribution in [2.45, 2.75) is 6.54 Å². The summed E-state index contributed by atoms with van der Waals surface area (Å²) in [4.78, 5) is 0. The van der Waals surface area contributed by atoms with Gasteiger partial charge in [0.1, 0.15) is 12.7 Å². The van der Waals surface area contributed by atoms with Crippen LogP contribution >= 0.6 is 23.2 Å². The molecule has 19 heavy (non-hydrogen) atoms. The number of hydrogen-bond donors (Lipinski definition) is 0. The monoisotopic (exact) mass is 312 g/mol. The molecular formula is C14H11Cl3N2. The van der Waals surface area contributed by atoms with Crippen molar-refractivity contribution in [3.05, 3.63) is 70.7 Å². The summed E-state index contributed by atoms with van der Waals surface area (Å²) in [5, 5.41) is 1.36. The number of benzene rings is 1. The van der Waals surface area contributed by atoms with Crippen LogP contribution < -0.4 is 17.0 Å². The molecule has 0 amide bonds. The van der Waals surface area contributed by atoms with Crippen molar-refractivity contribution in [3.63, 3.8) is 0 Å². The molecule has 0 saturated carbocycles. The van der Waals surface area contributed by atoms with Crippen molar-refractivity contribution in [2.75, 3.05) is 0 Å². The zero-order valence-corrected chi connectivity index (χ0v) is 12.2. The summed E-state index contributed by atoms with van der Waals surface area (Å²) in [6.45, 7) is 0.734. The Bertz CT molecular complexity index is 674. The molecule has 2 heterocycles. The van der Waals surface area contributed by atoms with E-state index in [0.717, 1.165) is 17.6 Å². The third kappa shape index (κ3) is 3.03. The number of pyridine rings is 1. The minimum absolute atomic E-state index is 0. The summed E-state index contributed by atoms with van der Waals surface area (Å²) in [6.07, 6.45) is 6.15. The standard InChI is InChI=1S/C14H11Cl2N2.ClH/c15-12-5-4-11(14(16)7-12)8-17-9-13-3-1-2-6-18(13)10-17;/h1-7,9-10H,8H2;1H/q+1;/p-1. The van der Waals surface area contributed by atoms with E-state index >= 15 is 0 Å². The second-order valence-corrected chi connectivity index (χ2v) is 5.03. The van der Waals surface area contributed by atoms with Gasteiger partial charge in [-0.15, -0.1) is 0 Å². The first-order valence-electron chi connectivity index (χ1n) is 5.62. The fourth-order valence-electron chi connectivity index (χ4n) is 1.98. The van der Waals surface area contributed by atoms with Crippen LogP contribution in [0.2, 0.25) is 10.0 Å². The fourth-order valence-corrected chi connectivity index (χ4v) is 2.45. The molecule has 0 spiro atoms. The van der Waals surface area contributed by atoms with Gasteiger partial charge in [-0.1, -0.05) is 35.3 Å². The maximum atomic E-state index is 6.17. The smallest absolute Gasteiger partial charge is 0.249 e. The molecule has 2 nitrogen and oxygen atoms in total. The van der Waals surface area contributed by atoms with E-state index in [2.05, 4.69) is 21.2 Å². The maximum Gasteiger partial charge on any atom is 0.249 e. The zero-order chi connectivity index (χ0) is 12.5. The highest BCUT2D eigenvalue weighted by molar-refractivity contribution is 6.35. The quantitative estimate of drug-likeness (QED) is 0.612. The Balaban J connectivity index is 0.00000133. The van der Waals surface area contributed by atoms with Crippen LogP contribution in [0.1, 0.15) is 5.56 Å². The van der Waals surface area contributed by atoms with Gasteiger partial charge < -0.3 is 12.4 Å². The van der Waals surface area contributed by atoms with Crippen molar-refractivity contribution in [1.29, 1.82) is 0 Å². The molecule has 0 aliphatic carbocycles. The molecular weight excluding hydrogens is 303 g/mol. The van der Waals surface area contributed by atoms with Gasteiger partial charge in [-0.2, -0.15) is 0 Å². The molecule has 0 radical (unpaired) electrons. The van der Waals surface area contributed by atoms with Crippen LogP contribution in [0.15, 0.2) is 55.1 Å². The van der Waals surface area contributed by atoms with Crippen molar-refractivity contribution < 1.29 is 17.0 Å². The normalized spacial score (nSPS) is 10.4. The summed E-state index contributed by atoms with van der Waals surface area (Å²) in [7, 11) is 0. The SMILES string of the molecule is Clc1ccc(C[n+]2cc3ccccn3c2)c(Cl)c1.[Cl-]. The first-order valence-corrected chi connectivity index (χ1v) is 6.38. The number of nitrogens with zero attached hydrogens (tertiary/aromatic N) is 2. The van der Waals surface area contributed by atoms with Crippen molar-refractivity contribution in [1.82, 2.24) is 4.40 Å². The molecule has 0 saturated heterocycles. The average molecular weight is 314 g/mol. The van der Waals surface area contributed by atoms with Crippen molar-refractivity contribution in [2.24, 2.45) is 0 Å². The molecule has 2 aromatic heterocycles. The molecule has 0 atom stereocenters. The minimum atomic E-state index is 0. The molecule has 0 unspecified atom stereocenters. The van der Waals surface area contributed by atoms with E-state index in [1.807, 2.05) is 36.8 Å². The lowest BCUT2D eigenvalue weighted by molar-refractivity contribution is -0.686. The largest absolute Gasteiger partial charge is 1.00 e. The summed E-state index contributed by atoms with van der Waals surface area (Å²) >= 11 is 12.1. The topological polar surface area (TPSA) is 8.29 Å². The van der Waals surface area contributed by atoms with E-state index < -0.39 is 0 Å². The van der Waals surface area contributed by atoms with E-state index in [9.17, 15) is 0 Å². The maximum absolute atomic E-state index is 6.17. The predicted molar refractivity (Wildman–Crippen MR) is 73.2 cm³/mol. The van der Waals surface area contributed by atoms with Crippen molar-refractivity contribution >= 4 is 28.7 Å². The lowest BCUT2D eigenvalue weighted by Gasteiger charge is -2.01. The Morgan fingerprint density at radius 1 is 1.11 bits per heavy atom. The molecule has 0 N–H and O–H groups in total. The minimum Gasteiger partial charge on any atom is -1.00 e. The van der Waals surface area contributed by atoms with Gasteiger partial charge in [0.05, 0.1) is 6.20 Å². The second kappa shape index (κ2) is 5.83. The lowest BCUT2D eigenvalue weighted by atomic mass is 10.2. The molecule has 0 bridgehead atoms. The highest BCUT2D eigenvalue weighted by Crippen LogP contribution is 2.20. The average Bonchev–Trinajstić information content (AvgIpc) is 2.75. The van der Waals surface area contributed by atoms with E-state index in [1.54, 1.807) is 6.07 Å². The van der Waals surface area contributed by atoms with Gasteiger partial charge in [-0.25, -0.2) is 8.97 Å². The predicted octanol–water partition coefficient (Wildman–Crippen LogP) is 0.586. The molecule has 0 fully saturated rings. The van der Waals surface area contributed by atoms with Gasteiger partial charge >= 0.3 is 0 Å². The number of fused-ring (bicyclic) bond motifs is 1. The van der Waals surface area contributed by atoms with Crippen molar-refractivity contribution in [3.8, 4) is 0 Å². The van der Waals surface area contributed by atoms with E-state index in [0.29, 0.717) is 10.0 Å². The number of imidazole rings is 1. The van der Waals surface area contributed by atoms with E-state index in [-0.39, 0.29) is 12.4 Å². The number of rotatable bonds is 2. The molecule has 3 rings (SSSR count). The number of halogens is 3. The Morgan fingerprint density at radius 2 is 1.95 bits per heavy atom. The molecule has 0 aliphatic heterocycles. The van der Waals surface area contributed by atoms with Crippen LogP contribution in [0.3, 0.4) is 0 Å². The van der Waals surface area contributed by atoms with Crippen LogP contribution in [0.25, 0.3) is 5.52 Å². The second-order valence-electron chi connectivity index (χ2n) is 4.19. The molecule has 1 aromatic carbocycles. The Kier molecular flexibility index (Phi) is 4.35. The Morgan fingerprint density at radius 3 is 2.68 bits per heavy atom. The first kappa shape index (κ1) is 14.2. The van der Waals surface area contributed by atoms with E-state index in [4.69, 9.17) is 23.2 Å². The Hall–Kier alpha value is -1.22. The van der Waals surface area contributed by atoms with Gasteiger partial charge in [-0.3, -0.25) is 0 Å². The summed E-state index contributed by atoms with van der Waals surface area (Å²) in [5.41, 5.74) is 2.21. The van der Waals surface area contributed by atoms with Gasteiger partial charge in [0, 0.05) is 15.6 Å². The van der Waals surface area contributed by atoms with Crippen LogP contribution in [-0.4, -0.2) is 4.40 Å². The summed E-state index contributed by atoms with van der Waals surface area (Å²) in [6, 6.07) is 11.7. The lowest BCUT2D eigenvalue weighted by Crippen LogP contribution is -3.00.